The van der Waals surface area contributed by atoms with Crippen molar-refractivity contribution in [2.24, 2.45) is 0 Å². The van der Waals surface area contributed by atoms with Crippen LogP contribution < -0.4 is 10.1 Å². The van der Waals surface area contributed by atoms with Crippen molar-refractivity contribution < 1.29 is 4.74 Å². The molecule has 1 rings (SSSR count). The fraction of sp³-hybridized carbons (Fsp3) is 0.538. The Labute approximate surface area is 92.6 Å². The van der Waals surface area contributed by atoms with Crippen LogP contribution in [-0.2, 0) is 0 Å². The lowest BCUT2D eigenvalue weighted by molar-refractivity contribution is 0.312. The van der Waals surface area contributed by atoms with E-state index in [9.17, 15) is 0 Å². The van der Waals surface area contributed by atoms with Gasteiger partial charge < -0.3 is 10.1 Å². The van der Waals surface area contributed by atoms with Crippen LogP contribution in [-0.4, -0.2) is 19.7 Å². The van der Waals surface area contributed by atoms with Gasteiger partial charge in [0.1, 0.15) is 12.4 Å². The van der Waals surface area contributed by atoms with Crippen LogP contribution in [0.4, 0.5) is 0 Å². The first-order valence-corrected chi connectivity index (χ1v) is 5.73. The molecular weight excluding hydrogens is 186 g/mol. The van der Waals surface area contributed by atoms with Crippen LogP contribution in [0.25, 0.3) is 0 Å². The van der Waals surface area contributed by atoms with E-state index in [2.05, 4.69) is 25.2 Å². The van der Waals surface area contributed by atoms with Crippen LogP contribution in [0.1, 0.15) is 25.3 Å². The number of aryl methyl sites for hydroxylation is 1. The number of benzene rings is 1. The van der Waals surface area contributed by atoms with E-state index in [4.69, 9.17) is 4.74 Å². The van der Waals surface area contributed by atoms with E-state index in [0.717, 1.165) is 25.4 Å². The van der Waals surface area contributed by atoms with Crippen LogP contribution in [0.3, 0.4) is 0 Å². The fourth-order valence-corrected chi connectivity index (χ4v) is 1.38. The van der Waals surface area contributed by atoms with E-state index in [0.29, 0.717) is 0 Å². The normalized spacial score (nSPS) is 10.3. The fourth-order valence-electron chi connectivity index (χ4n) is 1.38. The molecule has 0 radical (unpaired) electrons. The SMILES string of the molecule is CCCCNCCOc1ccccc1C. The van der Waals surface area contributed by atoms with E-state index < -0.39 is 0 Å². The number of rotatable bonds is 7. The van der Waals surface area contributed by atoms with Crippen LogP contribution in [0.5, 0.6) is 5.75 Å². The van der Waals surface area contributed by atoms with Crippen molar-refractivity contribution in [2.45, 2.75) is 26.7 Å². The number of unbranched alkanes of at least 4 members (excludes halogenated alkanes) is 1. The Kier molecular flexibility index (Phi) is 5.86. The van der Waals surface area contributed by atoms with Gasteiger partial charge in [0, 0.05) is 6.54 Å². The summed E-state index contributed by atoms with van der Waals surface area (Å²) in [7, 11) is 0. The van der Waals surface area contributed by atoms with Gasteiger partial charge in [0.05, 0.1) is 0 Å². The van der Waals surface area contributed by atoms with Crippen LogP contribution in [0.2, 0.25) is 0 Å². The molecule has 0 heterocycles. The second-order valence-electron chi connectivity index (χ2n) is 3.72. The minimum absolute atomic E-state index is 0.745. The molecule has 0 fully saturated rings. The zero-order valence-corrected chi connectivity index (χ0v) is 9.75. The highest BCUT2D eigenvalue weighted by molar-refractivity contribution is 5.31. The molecule has 0 aliphatic carbocycles. The monoisotopic (exact) mass is 207 g/mol. The summed E-state index contributed by atoms with van der Waals surface area (Å²) in [5.74, 6) is 0.995. The lowest BCUT2D eigenvalue weighted by Gasteiger charge is -2.09. The zero-order valence-electron chi connectivity index (χ0n) is 9.75. The van der Waals surface area contributed by atoms with Crippen molar-refractivity contribution in [1.82, 2.24) is 5.32 Å². The van der Waals surface area contributed by atoms with Gasteiger partial charge in [-0.25, -0.2) is 0 Å². The van der Waals surface area contributed by atoms with E-state index in [1.54, 1.807) is 0 Å². The minimum Gasteiger partial charge on any atom is -0.492 e. The summed E-state index contributed by atoms with van der Waals surface area (Å²) in [6, 6.07) is 8.12. The Hall–Kier alpha value is -1.02. The minimum atomic E-state index is 0.745. The molecule has 0 aromatic heterocycles. The molecule has 0 saturated heterocycles. The highest BCUT2D eigenvalue weighted by Crippen LogP contribution is 2.15. The third kappa shape index (κ3) is 4.84. The molecule has 84 valence electrons. The standard InChI is InChI=1S/C13H21NO/c1-3-4-9-14-10-11-15-13-8-6-5-7-12(13)2/h5-8,14H,3-4,9-11H2,1-2H3. The number of hydrogen-bond acceptors (Lipinski definition) is 2. The predicted octanol–water partition coefficient (Wildman–Crippen LogP) is 2.76. The maximum Gasteiger partial charge on any atom is 0.122 e. The van der Waals surface area contributed by atoms with Gasteiger partial charge in [0.15, 0.2) is 0 Å². The molecule has 0 saturated carbocycles. The number of ether oxygens (including phenoxy) is 1. The summed E-state index contributed by atoms with van der Waals surface area (Å²) in [5.41, 5.74) is 1.20. The first-order valence-electron chi connectivity index (χ1n) is 5.73. The summed E-state index contributed by atoms with van der Waals surface area (Å²) < 4.78 is 5.65. The number of para-hydroxylation sites is 1. The van der Waals surface area contributed by atoms with Crippen LogP contribution in [0.15, 0.2) is 24.3 Å². The molecule has 0 spiro atoms. The van der Waals surface area contributed by atoms with E-state index in [-0.39, 0.29) is 0 Å². The lowest BCUT2D eigenvalue weighted by Crippen LogP contribution is -2.22. The average molecular weight is 207 g/mol. The second-order valence-corrected chi connectivity index (χ2v) is 3.72. The molecule has 15 heavy (non-hydrogen) atoms. The summed E-state index contributed by atoms with van der Waals surface area (Å²) in [6.07, 6.45) is 2.48. The van der Waals surface area contributed by atoms with Gasteiger partial charge >= 0.3 is 0 Å². The molecule has 2 heteroatoms. The molecule has 0 atom stereocenters. The van der Waals surface area contributed by atoms with Gasteiger partial charge in [-0.3, -0.25) is 0 Å². The summed E-state index contributed by atoms with van der Waals surface area (Å²) in [6.45, 7) is 7.03. The van der Waals surface area contributed by atoms with Crippen LogP contribution in [0, 0.1) is 6.92 Å². The van der Waals surface area contributed by atoms with Crippen LogP contribution >= 0.6 is 0 Å². The first-order chi connectivity index (χ1) is 7.34. The first kappa shape index (κ1) is 12.1. The Bertz CT molecular complexity index is 273. The molecule has 1 aromatic rings. The van der Waals surface area contributed by atoms with Gasteiger partial charge in [-0.15, -0.1) is 0 Å². The van der Waals surface area contributed by atoms with Crippen molar-refractivity contribution in [2.75, 3.05) is 19.7 Å². The summed E-state index contributed by atoms with van der Waals surface area (Å²) in [4.78, 5) is 0. The van der Waals surface area contributed by atoms with Crippen molar-refractivity contribution >= 4 is 0 Å². The molecular formula is C13H21NO. The summed E-state index contributed by atoms with van der Waals surface area (Å²) in [5, 5.41) is 3.35. The molecule has 1 aromatic carbocycles. The Balaban J connectivity index is 2.12. The Morgan fingerprint density at radius 2 is 2.00 bits per heavy atom. The average Bonchev–Trinajstić information content (AvgIpc) is 2.25. The highest BCUT2D eigenvalue weighted by Gasteiger charge is 1.96. The lowest BCUT2D eigenvalue weighted by atomic mass is 10.2. The molecule has 2 nitrogen and oxygen atoms in total. The Morgan fingerprint density at radius 1 is 1.20 bits per heavy atom. The molecule has 1 N–H and O–H groups in total. The van der Waals surface area contributed by atoms with Gasteiger partial charge in [0.2, 0.25) is 0 Å². The molecule has 0 amide bonds. The molecule has 0 bridgehead atoms. The Morgan fingerprint density at radius 3 is 2.73 bits per heavy atom. The quantitative estimate of drug-likeness (QED) is 0.694. The number of nitrogens with one attached hydrogen (secondary N) is 1. The van der Waals surface area contributed by atoms with Crippen molar-refractivity contribution in [3.05, 3.63) is 29.8 Å². The van der Waals surface area contributed by atoms with E-state index in [1.807, 2.05) is 18.2 Å². The van der Waals surface area contributed by atoms with Crippen molar-refractivity contribution in [3.8, 4) is 5.75 Å². The second kappa shape index (κ2) is 7.30. The van der Waals surface area contributed by atoms with E-state index in [1.165, 1.54) is 18.4 Å². The smallest absolute Gasteiger partial charge is 0.122 e. The maximum absolute atomic E-state index is 5.65. The molecule has 0 unspecified atom stereocenters. The van der Waals surface area contributed by atoms with Gasteiger partial charge in [-0.05, 0) is 31.5 Å². The highest BCUT2D eigenvalue weighted by atomic mass is 16.5. The van der Waals surface area contributed by atoms with E-state index >= 15 is 0 Å². The largest absolute Gasteiger partial charge is 0.492 e. The molecule has 0 aliphatic heterocycles. The zero-order chi connectivity index (χ0) is 10.9. The molecule has 0 aliphatic rings. The predicted molar refractivity (Wildman–Crippen MR) is 64.5 cm³/mol. The summed E-state index contributed by atoms with van der Waals surface area (Å²) >= 11 is 0. The topological polar surface area (TPSA) is 21.3 Å². The number of hydrogen-bond donors (Lipinski definition) is 1. The third-order valence-electron chi connectivity index (χ3n) is 2.34. The van der Waals surface area contributed by atoms with Gasteiger partial charge in [0.25, 0.3) is 0 Å². The van der Waals surface area contributed by atoms with Gasteiger partial charge in [-0.2, -0.15) is 0 Å². The third-order valence-corrected chi connectivity index (χ3v) is 2.34. The van der Waals surface area contributed by atoms with Gasteiger partial charge in [-0.1, -0.05) is 31.5 Å². The maximum atomic E-state index is 5.65. The van der Waals surface area contributed by atoms with Crippen molar-refractivity contribution in [3.63, 3.8) is 0 Å². The van der Waals surface area contributed by atoms with Crippen molar-refractivity contribution in [1.29, 1.82) is 0 Å².